The van der Waals surface area contributed by atoms with Gasteiger partial charge in [0.2, 0.25) is 11.8 Å². The lowest BCUT2D eigenvalue weighted by molar-refractivity contribution is -0.130. The molecule has 1 atom stereocenters. The van der Waals surface area contributed by atoms with Crippen LogP contribution in [0.2, 0.25) is 0 Å². The second kappa shape index (κ2) is 6.83. The number of aromatic amines is 1. The number of fused-ring (bicyclic) bond motifs is 2. The summed E-state index contributed by atoms with van der Waals surface area (Å²) in [5, 5.41) is 6.36. The van der Waals surface area contributed by atoms with Crippen LogP contribution in [0.15, 0.2) is 41.2 Å². The summed E-state index contributed by atoms with van der Waals surface area (Å²) in [6.07, 6.45) is 3.85. The van der Waals surface area contributed by atoms with Gasteiger partial charge in [-0.05, 0) is 42.9 Å². The molecule has 2 aliphatic heterocycles. The molecule has 1 unspecified atom stereocenters. The lowest BCUT2D eigenvalue weighted by atomic mass is 9.81. The number of amides is 2. The minimum absolute atomic E-state index is 0.0285. The number of hydrogen-bond donors (Lipinski definition) is 1. The summed E-state index contributed by atoms with van der Waals surface area (Å²) in [6, 6.07) is 11.1. The first-order valence-corrected chi connectivity index (χ1v) is 10.3. The van der Waals surface area contributed by atoms with Gasteiger partial charge in [-0.25, -0.2) is 5.10 Å². The highest BCUT2D eigenvalue weighted by Crippen LogP contribution is 2.48. The molecule has 2 amide bonds. The molecule has 0 radical (unpaired) electrons. The van der Waals surface area contributed by atoms with E-state index >= 15 is 0 Å². The molecule has 150 valence electrons. The van der Waals surface area contributed by atoms with E-state index in [1.54, 1.807) is 6.07 Å². The molecule has 1 aromatic carbocycles. The average molecular weight is 392 g/mol. The fourth-order valence-electron chi connectivity index (χ4n) is 4.66. The van der Waals surface area contributed by atoms with Crippen LogP contribution in [-0.4, -0.2) is 46.5 Å². The molecule has 1 spiro atoms. The molecule has 1 N–H and O–H groups in total. The van der Waals surface area contributed by atoms with E-state index < -0.39 is 5.41 Å². The molecule has 3 aliphatic rings. The van der Waals surface area contributed by atoms with E-state index in [4.69, 9.17) is 0 Å². The highest BCUT2D eigenvalue weighted by molar-refractivity contribution is 6.09. The van der Waals surface area contributed by atoms with Crippen LogP contribution in [0.1, 0.15) is 36.9 Å². The van der Waals surface area contributed by atoms with Crippen LogP contribution in [0.4, 0.5) is 5.69 Å². The Kier molecular flexibility index (Phi) is 4.26. The van der Waals surface area contributed by atoms with Gasteiger partial charge in [0.25, 0.3) is 5.56 Å². The van der Waals surface area contributed by atoms with Crippen molar-refractivity contribution in [3.63, 3.8) is 0 Å². The number of carbonyl (C=O) groups excluding carboxylic acids is 2. The number of nitrogens with one attached hydrogen (secondary N) is 1. The molecule has 29 heavy (non-hydrogen) atoms. The van der Waals surface area contributed by atoms with Crippen LogP contribution in [0.5, 0.6) is 0 Å². The van der Waals surface area contributed by atoms with Gasteiger partial charge in [0, 0.05) is 44.2 Å². The van der Waals surface area contributed by atoms with Gasteiger partial charge in [-0.1, -0.05) is 18.2 Å². The van der Waals surface area contributed by atoms with Gasteiger partial charge in [0.05, 0.1) is 11.1 Å². The molecule has 7 nitrogen and oxygen atoms in total. The first-order chi connectivity index (χ1) is 14.1. The van der Waals surface area contributed by atoms with Crippen molar-refractivity contribution in [2.24, 2.45) is 5.92 Å². The van der Waals surface area contributed by atoms with Crippen molar-refractivity contribution in [2.75, 3.05) is 24.5 Å². The number of nitrogens with zero attached hydrogens (tertiary/aromatic N) is 3. The van der Waals surface area contributed by atoms with E-state index in [0.29, 0.717) is 44.0 Å². The third kappa shape index (κ3) is 3.14. The largest absolute Gasteiger partial charge is 0.341 e. The van der Waals surface area contributed by atoms with E-state index in [0.717, 1.165) is 17.8 Å². The van der Waals surface area contributed by atoms with Crippen LogP contribution in [-0.2, 0) is 21.4 Å². The first kappa shape index (κ1) is 18.1. The van der Waals surface area contributed by atoms with E-state index in [1.807, 2.05) is 28.0 Å². The Balaban J connectivity index is 1.32. The van der Waals surface area contributed by atoms with Gasteiger partial charge in [0.15, 0.2) is 0 Å². The highest BCUT2D eigenvalue weighted by atomic mass is 16.2. The number of para-hydroxylation sites is 1. The second-order valence-corrected chi connectivity index (χ2v) is 8.44. The zero-order chi connectivity index (χ0) is 20.0. The van der Waals surface area contributed by atoms with Gasteiger partial charge in [-0.3, -0.25) is 14.4 Å². The summed E-state index contributed by atoms with van der Waals surface area (Å²) in [5.41, 5.74) is 1.93. The molecule has 1 aliphatic carbocycles. The zero-order valence-electron chi connectivity index (χ0n) is 16.3. The molecule has 2 aromatic rings. The summed E-state index contributed by atoms with van der Waals surface area (Å²) in [7, 11) is 0. The van der Waals surface area contributed by atoms with Gasteiger partial charge < -0.3 is 9.80 Å². The minimum Gasteiger partial charge on any atom is -0.341 e. The van der Waals surface area contributed by atoms with Crippen LogP contribution in [0.25, 0.3) is 0 Å². The van der Waals surface area contributed by atoms with Gasteiger partial charge in [-0.15, -0.1) is 0 Å². The van der Waals surface area contributed by atoms with Gasteiger partial charge in [-0.2, -0.15) is 5.10 Å². The fourth-order valence-corrected chi connectivity index (χ4v) is 4.66. The average Bonchev–Trinajstić information content (AvgIpc) is 3.40. The maximum absolute atomic E-state index is 13.5. The van der Waals surface area contributed by atoms with Crippen molar-refractivity contribution >= 4 is 17.5 Å². The van der Waals surface area contributed by atoms with E-state index in [-0.39, 0.29) is 17.4 Å². The molecule has 1 saturated carbocycles. The normalized spacial score (nSPS) is 23.1. The SMILES string of the molecule is O=C(CCc1ccc(=O)[nH]n1)N1CCC2(C1)C(=O)N(CC1CC1)c1ccccc12. The number of anilines is 1. The maximum Gasteiger partial charge on any atom is 0.264 e. The molecule has 2 fully saturated rings. The van der Waals surface area contributed by atoms with E-state index in [1.165, 1.54) is 18.9 Å². The minimum atomic E-state index is -0.600. The van der Waals surface area contributed by atoms with E-state index in [9.17, 15) is 14.4 Å². The summed E-state index contributed by atoms with van der Waals surface area (Å²) < 4.78 is 0. The Bertz CT molecular complexity index is 1010. The molecule has 1 saturated heterocycles. The smallest absolute Gasteiger partial charge is 0.264 e. The Morgan fingerprint density at radius 3 is 2.76 bits per heavy atom. The fraction of sp³-hybridized carbons (Fsp3) is 0.455. The van der Waals surface area contributed by atoms with Crippen molar-refractivity contribution in [1.82, 2.24) is 15.1 Å². The van der Waals surface area contributed by atoms with Crippen molar-refractivity contribution in [1.29, 1.82) is 0 Å². The predicted octanol–water partition coefficient (Wildman–Crippen LogP) is 1.63. The number of hydrogen-bond acceptors (Lipinski definition) is 4. The quantitative estimate of drug-likeness (QED) is 0.838. The monoisotopic (exact) mass is 392 g/mol. The number of rotatable bonds is 5. The van der Waals surface area contributed by atoms with Crippen LogP contribution in [0, 0.1) is 5.92 Å². The van der Waals surface area contributed by atoms with E-state index in [2.05, 4.69) is 16.3 Å². The Labute approximate surface area is 168 Å². The van der Waals surface area contributed by atoms with Crippen LogP contribution in [0.3, 0.4) is 0 Å². The lowest BCUT2D eigenvalue weighted by Gasteiger charge is -2.24. The second-order valence-electron chi connectivity index (χ2n) is 8.44. The molecule has 7 heteroatoms. The molecular formula is C22H24N4O3. The Morgan fingerprint density at radius 2 is 2.00 bits per heavy atom. The Morgan fingerprint density at radius 1 is 1.17 bits per heavy atom. The van der Waals surface area contributed by atoms with Crippen LogP contribution < -0.4 is 10.5 Å². The molecule has 1 aromatic heterocycles. The number of benzene rings is 1. The summed E-state index contributed by atoms with van der Waals surface area (Å²) in [5.74, 6) is 0.801. The number of H-pyrrole nitrogens is 1. The number of aryl methyl sites for hydroxylation is 1. The lowest BCUT2D eigenvalue weighted by Crippen LogP contribution is -2.44. The topological polar surface area (TPSA) is 86.4 Å². The van der Waals surface area contributed by atoms with Crippen LogP contribution >= 0.6 is 0 Å². The summed E-state index contributed by atoms with van der Waals surface area (Å²) in [6.45, 7) is 1.83. The molecule has 5 rings (SSSR count). The van der Waals surface area contributed by atoms with Crippen molar-refractivity contribution in [3.05, 3.63) is 58.0 Å². The number of carbonyl (C=O) groups is 2. The molecular weight excluding hydrogens is 368 g/mol. The zero-order valence-corrected chi connectivity index (χ0v) is 16.3. The number of aromatic nitrogens is 2. The number of likely N-dealkylation sites (tertiary alicyclic amines) is 1. The van der Waals surface area contributed by atoms with Gasteiger partial charge >= 0.3 is 0 Å². The van der Waals surface area contributed by atoms with Crippen molar-refractivity contribution in [2.45, 2.75) is 37.5 Å². The Hall–Kier alpha value is -2.96. The third-order valence-corrected chi connectivity index (χ3v) is 6.46. The van der Waals surface area contributed by atoms with Crippen molar-refractivity contribution in [3.8, 4) is 0 Å². The summed E-state index contributed by atoms with van der Waals surface area (Å²) >= 11 is 0. The maximum atomic E-state index is 13.5. The third-order valence-electron chi connectivity index (χ3n) is 6.46. The molecule has 0 bridgehead atoms. The van der Waals surface area contributed by atoms with Gasteiger partial charge in [0.1, 0.15) is 0 Å². The van der Waals surface area contributed by atoms with Crippen molar-refractivity contribution < 1.29 is 9.59 Å². The first-order valence-electron chi connectivity index (χ1n) is 10.3. The standard InChI is InChI=1S/C22H24N4O3/c27-19-9-7-16(23-24-19)8-10-20(28)25-12-11-22(14-25)17-3-1-2-4-18(17)26(21(22)29)13-15-5-6-15/h1-4,7,9,15H,5-6,8,10-14H2,(H,24,27). The summed E-state index contributed by atoms with van der Waals surface area (Å²) in [4.78, 5) is 41.2. The predicted molar refractivity (Wildman–Crippen MR) is 108 cm³/mol. The highest BCUT2D eigenvalue weighted by Gasteiger charge is 2.55. The molecule has 3 heterocycles.